The summed E-state index contributed by atoms with van der Waals surface area (Å²) in [4.78, 5) is 0. The fraction of sp³-hybridized carbons (Fsp3) is 0.205. The molecule has 2 atom stereocenters. The summed E-state index contributed by atoms with van der Waals surface area (Å²) in [7, 11) is -8.99. The van der Waals surface area contributed by atoms with E-state index in [2.05, 4.69) is 0 Å². The Morgan fingerprint density at radius 2 is 1.47 bits per heavy atom. The number of aryl methyl sites for hydroxylation is 1. The Balaban J connectivity index is 1.20. The minimum absolute atomic E-state index is 0.192. The zero-order chi connectivity index (χ0) is 35.6. The van der Waals surface area contributed by atoms with Crippen LogP contribution in [0.15, 0.2) is 132 Å². The molecule has 0 radical (unpaired) electrons. The van der Waals surface area contributed by atoms with Gasteiger partial charge in [0, 0.05) is 43.2 Å². The van der Waals surface area contributed by atoms with Crippen LogP contribution in [0.1, 0.15) is 31.6 Å². The first-order chi connectivity index (χ1) is 24.5. The molecular formula is C39H36N2O8S2. The molecule has 2 unspecified atom stereocenters. The van der Waals surface area contributed by atoms with Gasteiger partial charge >= 0.3 is 11.8 Å². The first kappa shape index (κ1) is 34.6. The quantitative estimate of drug-likeness (QED) is 0.0474. The highest BCUT2D eigenvalue weighted by Gasteiger charge is 2.57. The summed E-state index contributed by atoms with van der Waals surface area (Å²) in [5.74, 6) is 0.969. The molecule has 1 spiro atoms. The molecule has 2 aliphatic heterocycles. The van der Waals surface area contributed by atoms with E-state index in [4.69, 9.17) is 9.15 Å². The van der Waals surface area contributed by atoms with E-state index in [-0.39, 0.29) is 17.3 Å². The lowest BCUT2D eigenvalue weighted by atomic mass is 10.0. The lowest BCUT2D eigenvalue weighted by molar-refractivity contribution is -0.678. The number of aromatic nitrogens is 1. The summed E-state index contributed by atoms with van der Waals surface area (Å²) < 4.78 is 85.8. The van der Waals surface area contributed by atoms with Gasteiger partial charge in [0.15, 0.2) is 33.5 Å². The Morgan fingerprint density at radius 1 is 0.784 bits per heavy atom. The second-order valence-corrected chi connectivity index (χ2v) is 15.7. The molecule has 12 heteroatoms. The summed E-state index contributed by atoms with van der Waals surface area (Å²) in [6.07, 6.45) is 10.2. The average Bonchev–Trinajstić information content (AvgIpc) is 3.81. The van der Waals surface area contributed by atoms with E-state index in [0.717, 1.165) is 27.8 Å². The molecular weight excluding hydrogens is 689 g/mol. The number of hydrogen-bond donors (Lipinski definition) is 0. The van der Waals surface area contributed by atoms with Crippen LogP contribution in [0.4, 0.5) is 5.69 Å². The standard InChI is InChI=1S/C39H36N2O8S2/c42-50(43,44)26-11-10-24-40-33-27-31(29-13-4-1-5-14-29)20-22-35(33)48-37(40)17-8-3-9-18-38-41(25-12-19-39(41)51(45,46)47)34-28-32(21-23-36(34)49-38)30-15-6-2-7-16-30/h1-9,13-18,20-23,27-28,39H,10-12,19,24-26H2. The van der Waals surface area contributed by atoms with Crippen LogP contribution in [0.2, 0.25) is 0 Å². The summed E-state index contributed by atoms with van der Waals surface area (Å²) in [5, 5.41) is -1.22. The summed E-state index contributed by atoms with van der Waals surface area (Å²) in [6, 6.07) is 31.2. The van der Waals surface area contributed by atoms with E-state index in [9.17, 15) is 25.9 Å². The van der Waals surface area contributed by atoms with Crippen LogP contribution in [-0.4, -0.2) is 43.6 Å². The molecule has 0 aliphatic carbocycles. The zero-order valence-corrected chi connectivity index (χ0v) is 29.3. The minimum Gasteiger partial charge on any atom is -0.748 e. The number of quaternary nitrogens is 1. The molecule has 262 valence electrons. The van der Waals surface area contributed by atoms with Crippen molar-refractivity contribution in [1.82, 2.24) is 4.48 Å². The van der Waals surface area contributed by atoms with Crippen molar-refractivity contribution in [2.45, 2.75) is 37.6 Å². The van der Waals surface area contributed by atoms with Gasteiger partial charge in [0.05, 0.1) is 22.7 Å². The maximum absolute atomic E-state index is 12.6. The highest BCUT2D eigenvalue weighted by molar-refractivity contribution is 7.86. The van der Waals surface area contributed by atoms with Crippen molar-refractivity contribution < 1.29 is 39.7 Å². The predicted octanol–water partition coefficient (Wildman–Crippen LogP) is 6.86. The number of hydrogen-bond acceptors (Lipinski definition) is 8. The lowest BCUT2D eigenvalue weighted by Gasteiger charge is -2.35. The average molecular weight is 725 g/mol. The number of nitrogens with zero attached hydrogens (tertiary/aromatic N) is 2. The molecule has 3 heterocycles. The Kier molecular flexibility index (Phi) is 9.53. The summed E-state index contributed by atoms with van der Waals surface area (Å²) in [5.41, 5.74) is 6.02. The van der Waals surface area contributed by atoms with Crippen LogP contribution in [0.5, 0.6) is 5.75 Å². The van der Waals surface area contributed by atoms with E-state index in [1.54, 1.807) is 30.4 Å². The largest absolute Gasteiger partial charge is 0.748 e. The van der Waals surface area contributed by atoms with Gasteiger partial charge in [-0.15, -0.1) is 0 Å². The second kappa shape index (κ2) is 14.0. The first-order valence-electron chi connectivity index (χ1n) is 16.7. The third-order valence-corrected chi connectivity index (χ3v) is 11.5. The van der Waals surface area contributed by atoms with Gasteiger partial charge in [0.25, 0.3) is 5.52 Å². The number of allylic oxidation sites excluding steroid dienone is 4. The van der Waals surface area contributed by atoms with Crippen molar-refractivity contribution in [2.24, 2.45) is 0 Å². The molecule has 1 aromatic heterocycles. The maximum Gasteiger partial charge on any atom is 0.374 e. The van der Waals surface area contributed by atoms with Crippen molar-refractivity contribution in [3.63, 3.8) is 0 Å². The van der Waals surface area contributed by atoms with Gasteiger partial charge in [-0.2, -0.15) is 4.57 Å². The lowest BCUT2D eigenvalue weighted by Crippen LogP contribution is -2.54. The van der Waals surface area contributed by atoms with Gasteiger partial charge in [0.1, 0.15) is 0 Å². The topological polar surface area (TPSA) is 141 Å². The Labute approximate surface area is 297 Å². The maximum atomic E-state index is 12.6. The van der Waals surface area contributed by atoms with Crippen LogP contribution in [-0.2, 0) is 26.8 Å². The molecule has 51 heavy (non-hydrogen) atoms. The fourth-order valence-electron chi connectivity index (χ4n) is 7.13. The Bertz CT molecular complexity index is 2390. The van der Waals surface area contributed by atoms with E-state index >= 15 is 0 Å². The van der Waals surface area contributed by atoms with Gasteiger partial charge in [-0.25, -0.2) is 21.3 Å². The molecule has 7 rings (SSSR count). The van der Waals surface area contributed by atoms with Crippen LogP contribution < -0.4 is 13.8 Å². The fourth-order valence-corrected chi connectivity index (χ4v) is 8.91. The van der Waals surface area contributed by atoms with Gasteiger partial charge in [0.2, 0.25) is 5.58 Å². The van der Waals surface area contributed by atoms with Crippen LogP contribution in [0.3, 0.4) is 0 Å². The van der Waals surface area contributed by atoms with Crippen LogP contribution in [0.25, 0.3) is 39.4 Å². The number of fused-ring (bicyclic) bond motifs is 3. The van der Waals surface area contributed by atoms with E-state index in [0.29, 0.717) is 54.7 Å². The molecule has 5 aromatic rings. The normalized spacial score (nSPS) is 19.9. The van der Waals surface area contributed by atoms with Gasteiger partial charge in [-0.05, 0) is 40.8 Å². The van der Waals surface area contributed by atoms with E-state index in [1.165, 1.54) is 0 Å². The summed E-state index contributed by atoms with van der Waals surface area (Å²) >= 11 is 0. The van der Waals surface area contributed by atoms with Crippen LogP contribution in [0, 0.1) is 0 Å². The highest BCUT2D eigenvalue weighted by Crippen LogP contribution is 2.52. The van der Waals surface area contributed by atoms with E-state index in [1.807, 2.05) is 102 Å². The predicted molar refractivity (Wildman–Crippen MR) is 194 cm³/mol. The van der Waals surface area contributed by atoms with Gasteiger partial charge in [-0.1, -0.05) is 91.0 Å². The second-order valence-electron chi connectivity index (χ2n) is 12.7. The number of rotatable bonds is 11. The minimum atomic E-state index is -4.68. The number of ether oxygens (including phenoxy) is 1. The number of benzene rings is 4. The third-order valence-electron chi connectivity index (χ3n) is 9.45. The van der Waals surface area contributed by atoms with Crippen molar-refractivity contribution >= 4 is 43.1 Å². The molecule has 0 saturated carbocycles. The Morgan fingerprint density at radius 3 is 2.16 bits per heavy atom. The summed E-state index contributed by atoms with van der Waals surface area (Å²) in [6.45, 7) is 0.834. The smallest absolute Gasteiger partial charge is 0.374 e. The zero-order valence-electron chi connectivity index (χ0n) is 27.6. The molecule has 0 N–H and O–H groups in total. The monoisotopic (exact) mass is 724 g/mol. The van der Waals surface area contributed by atoms with Crippen LogP contribution >= 0.6 is 0 Å². The third kappa shape index (κ3) is 7.19. The first-order valence-corrected chi connectivity index (χ1v) is 19.8. The Hall–Kier alpha value is -4.85. The van der Waals surface area contributed by atoms with Gasteiger partial charge < -0.3 is 18.3 Å². The van der Waals surface area contributed by atoms with E-state index < -0.39 is 31.4 Å². The number of unbranched alkanes of at least 4 members (excludes halogenated alkanes) is 1. The molecule has 1 fully saturated rings. The molecule has 10 nitrogen and oxygen atoms in total. The van der Waals surface area contributed by atoms with Gasteiger partial charge in [-0.3, -0.25) is 0 Å². The molecule has 1 saturated heterocycles. The van der Waals surface area contributed by atoms with Crippen molar-refractivity contribution in [3.8, 4) is 28.0 Å². The SMILES string of the molecule is O=S(=O)([O-])CCCC[n+]1c(C=CC=CC=C2Oc3ccc(-c4ccccc4)cc3[N+]23CCCC3S(=O)(=O)[O-])oc2ccc(-c3ccccc3)cc21. The molecule has 2 aliphatic rings. The highest BCUT2D eigenvalue weighted by atomic mass is 32.2. The molecule has 0 amide bonds. The molecule has 4 aromatic carbocycles. The van der Waals surface area contributed by atoms with Crippen molar-refractivity contribution in [1.29, 1.82) is 0 Å². The van der Waals surface area contributed by atoms with Crippen molar-refractivity contribution in [2.75, 3.05) is 12.3 Å². The number of oxazole rings is 1. The molecule has 0 bridgehead atoms. The van der Waals surface area contributed by atoms with Crippen molar-refractivity contribution in [3.05, 3.63) is 133 Å².